The predicted molar refractivity (Wildman–Crippen MR) is 61.8 cm³/mol. The number of carbonyl (C=O) groups excluding carboxylic acids is 1. The van der Waals surface area contributed by atoms with Gasteiger partial charge in [0.2, 0.25) is 0 Å². The molecule has 0 aliphatic carbocycles. The van der Waals surface area contributed by atoms with Gasteiger partial charge in [0.1, 0.15) is 0 Å². The van der Waals surface area contributed by atoms with Crippen molar-refractivity contribution in [1.82, 2.24) is 15.5 Å². The number of methoxy groups -OCH3 is 1. The van der Waals surface area contributed by atoms with Gasteiger partial charge in [0, 0.05) is 6.04 Å². The molecule has 1 heterocycles. The van der Waals surface area contributed by atoms with Gasteiger partial charge in [0.05, 0.1) is 7.11 Å². The lowest BCUT2D eigenvalue weighted by Gasteiger charge is -2.30. The van der Waals surface area contributed by atoms with E-state index in [0.29, 0.717) is 11.2 Å². The number of hydrogen-bond acceptors (Lipinski definition) is 4. The minimum absolute atomic E-state index is 0.344. The molecule has 1 fully saturated rings. The third-order valence-electron chi connectivity index (χ3n) is 2.45. The average molecular weight is 231 g/mol. The van der Waals surface area contributed by atoms with E-state index in [0.717, 1.165) is 25.9 Å². The van der Waals surface area contributed by atoms with Gasteiger partial charge in [-0.2, -0.15) is 0 Å². The summed E-state index contributed by atoms with van der Waals surface area (Å²) in [5.41, 5.74) is 0. The van der Waals surface area contributed by atoms with Crippen LogP contribution in [0.15, 0.2) is 0 Å². The van der Waals surface area contributed by atoms with Crippen LogP contribution in [0.25, 0.3) is 0 Å². The van der Waals surface area contributed by atoms with Crippen LogP contribution in [0.5, 0.6) is 0 Å². The summed E-state index contributed by atoms with van der Waals surface area (Å²) in [4.78, 5) is 13.1. The number of piperidine rings is 1. The van der Waals surface area contributed by atoms with Crippen molar-refractivity contribution in [3.63, 3.8) is 0 Å². The van der Waals surface area contributed by atoms with Gasteiger partial charge in [0.15, 0.2) is 5.11 Å². The molecule has 15 heavy (non-hydrogen) atoms. The van der Waals surface area contributed by atoms with Crippen LogP contribution >= 0.6 is 12.2 Å². The molecule has 0 atom stereocenters. The lowest BCUT2D eigenvalue weighted by atomic mass is 10.1. The number of nitrogens with one attached hydrogen (secondary N) is 2. The second kappa shape index (κ2) is 5.87. The Labute approximate surface area is 95.1 Å². The molecule has 1 aliphatic rings. The second-order valence-corrected chi connectivity index (χ2v) is 4.08. The molecule has 0 saturated carbocycles. The van der Waals surface area contributed by atoms with E-state index in [-0.39, 0.29) is 0 Å². The number of hydrogen-bond donors (Lipinski definition) is 2. The maximum Gasteiger partial charge on any atom is 0.413 e. The highest BCUT2D eigenvalue weighted by Gasteiger charge is 2.17. The second-order valence-electron chi connectivity index (χ2n) is 3.67. The average Bonchev–Trinajstić information content (AvgIpc) is 2.21. The van der Waals surface area contributed by atoms with Gasteiger partial charge < -0.3 is 15.0 Å². The smallest absolute Gasteiger partial charge is 0.413 e. The molecule has 0 radical (unpaired) electrons. The van der Waals surface area contributed by atoms with Crippen LogP contribution in [-0.4, -0.2) is 49.4 Å². The van der Waals surface area contributed by atoms with Gasteiger partial charge in [-0.15, -0.1) is 0 Å². The fourth-order valence-electron chi connectivity index (χ4n) is 1.52. The lowest BCUT2D eigenvalue weighted by Crippen LogP contribution is -2.48. The van der Waals surface area contributed by atoms with E-state index >= 15 is 0 Å². The molecular weight excluding hydrogens is 214 g/mol. The topological polar surface area (TPSA) is 53.6 Å². The molecule has 1 aliphatic heterocycles. The number of ether oxygens (including phenoxy) is 1. The van der Waals surface area contributed by atoms with E-state index in [2.05, 4.69) is 27.3 Å². The highest BCUT2D eigenvalue weighted by atomic mass is 32.1. The Balaban J connectivity index is 2.23. The summed E-state index contributed by atoms with van der Waals surface area (Å²) in [6.07, 6.45) is 1.55. The molecule has 6 heteroatoms. The number of amides is 1. The van der Waals surface area contributed by atoms with Crippen LogP contribution in [0, 0.1) is 0 Å². The molecule has 1 saturated heterocycles. The van der Waals surface area contributed by atoms with Crippen molar-refractivity contribution in [2.24, 2.45) is 0 Å². The first-order valence-corrected chi connectivity index (χ1v) is 5.36. The summed E-state index contributed by atoms with van der Waals surface area (Å²) in [5.74, 6) is 0. The lowest BCUT2D eigenvalue weighted by molar-refractivity contribution is 0.176. The fraction of sp³-hybridized carbons (Fsp3) is 0.778. The first kappa shape index (κ1) is 12.2. The molecule has 5 nitrogen and oxygen atoms in total. The maximum absolute atomic E-state index is 10.8. The normalized spacial score (nSPS) is 18.3. The molecule has 86 valence electrons. The Bertz CT molecular complexity index is 240. The highest BCUT2D eigenvalue weighted by molar-refractivity contribution is 7.80. The van der Waals surface area contributed by atoms with Crippen molar-refractivity contribution < 1.29 is 9.53 Å². The van der Waals surface area contributed by atoms with E-state index in [1.807, 2.05) is 0 Å². The summed E-state index contributed by atoms with van der Waals surface area (Å²) in [5, 5.41) is 5.88. The predicted octanol–water partition coefficient (Wildman–Crippen LogP) is 0.311. The first-order valence-electron chi connectivity index (χ1n) is 4.96. The van der Waals surface area contributed by atoms with Crippen LogP contribution in [0.2, 0.25) is 0 Å². The molecular formula is C9H17N3O2S. The summed E-state index contributed by atoms with van der Waals surface area (Å²) < 4.78 is 4.44. The number of thiocarbonyl (C=S) groups is 1. The molecule has 0 aromatic carbocycles. The number of rotatable bonds is 1. The Kier molecular flexibility index (Phi) is 4.77. The minimum atomic E-state index is -0.527. The standard InChI is InChI=1S/C9H17N3O2S/c1-12-5-3-7(4-6-12)10-8(15)11-9(13)14-2/h7H,3-6H2,1-2H3,(H2,10,11,13,15). The summed E-state index contributed by atoms with van der Waals surface area (Å²) >= 11 is 4.97. The van der Waals surface area contributed by atoms with Gasteiger partial charge in [-0.25, -0.2) is 4.79 Å². The van der Waals surface area contributed by atoms with Crippen LogP contribution in [0.3, 0.4) is 0 Å². The third-order valence-corrected chi connectivity index (χ3v) is 2.67. The molecule has 1 amide bonds. The number of alkyl carbamates (subject to hydrolysis) is 1. The Morgan fingerprint density at radius 3 is 2.60 bits per heavy atom. The summed E-state index contributed by atoms with van der Waals surface area (Å²) in [6.45, 7) is 2.11. The number of carbonyl (C=O) groups is 1. The van der Waals surface area contributed by atoms with Crippen LogP contribution < -0.4 is 10.6 Å². The van der Waals surface area contributed by atoms with Crippen molar-refractivity contribution in [2.75, 3.05) is 27.2 Å². The van der Waals surface area contributed by atoms with E-state index in [1.165, 1.54) is 7.11 Å². The van der Waals surface area contributed by atoms with E-state index in [9.17, 15) is 4.79 Å². The maximum atomic E-state index is 10.8. The van der Waals surface area contributed by atoms with Crippen molar-refractivity contribution in [3.05, 3.63) is 0 Å². The molecule has 0 aromatic heterocycles. The monoisotopic (exact) mass is 231 g/mol. The van der Waals surface area contributed by atoms with Crippen LogP contribution in [0.4, 0.5) is 4.79 Å². The van der Waals surface area contributed by atoms with Gasteiger partial charge >= 0.3 is 6.09 Å². The zero-order valence-electron chi connectivity index (χ0n) is 9.08. The quantitative estimate of drug-likeness (QED) is 0.636. The largest absolute Gasteiger partial charge is 0.453 e. The van der Waals surface area contributed by atoms with Gasteiger partial charge in [-0.1, -0.05) is 0 Å². The van der Waals surface area contributed by atoms with Gasteiger partial charge in [-0.05, 0) is 45.2 Å². The minimum Gasteiger partial charge on any atom is -0.453 e. The van der Waals surface area contributed by atoms with E-state index in [4.69, 9.17) is 12.2 Å². The highest BCUT2D eigenvalue weighted by Crippen LogP contribution is 2.07. The van der Waals surface area contributed by atoms with Crippen molar-refractivity contribution >= 4 is 23.4 Å². The number of nitrogens with zero attached hydrogens (tertiary/aromatic N) is 1. The van der Waals surface area contributed by atoms with Gasteiger partial charge in [0.25, 0.3) is 0 Å². The third kappa shape index (κ3) is 4.44. The van der Waals surface area contributed by atoms with Crippen molar-refractivity contribution in [2.45, 2.75) is 18.9 Å². The zero-order chi connectivity index (χ0) is 11.3. The Hall–Kier alpha value is -0.880. The van der Waals surface area contributed by atoms with Gasteiger partial charge in [-0.3, -0.25) is 5.32 Å². The van der Waals surface area contributed by atoms with Crippen LogP contribution in [-0.2, 0) is 4.74 Å². The molecule has 1 rings (SSSR count). The van der Waals surface area contributed by atoms with E-state index in [1.54, 1.807) is 0 Å². The molecule has 0 unspecified atom stereocenters. The Morgan fingerprint density at radius 2 is 2.07 bits per heavy atom. The molecule has 0 bridgehead atoms. The van der Waals surface area contributed by atoms with E-state index < -0.39 is 6.09 Å². The molecule has 0 aromatic rings. The van der Waals surface area contributed by atoms with Crippen molar-refractivity contribution in [3.8, 4) is 0 Å². The summed E-state index contributed by atoms with van der Waals surface area (Å²) in [7, 11) is 3.41. The first-order chi connectivity index (χ1) is 7.11. The molecule has 2 N–H and O–H groups in total. The SMILES string of the molecule is COC(=O)NC(=S)NC1CCN(C)CC1. The fourth-order valence-corrected chi connectivity index (χ4v) is 1.77. The zero-order valence-corrected chi connectivity index (χ0v) is 9.89. The Morgan fingerprint density at radius 1 is 1.47 bits per heavy atom. The molecule has 0 spiro atoms. The number of likely N-dealkylation sites (tertiary alicyclic amines) is 1. The van der Waals surface area contributed by atoms with Crippen LogP contribution in [0.1, 0.15) is 12.8 Å². The van der Waals surface area contributed by atoms with Crippen molar-refractivity contribution in [1.29, 1.82) is 0 Å². The summed E-state index contributed by atoms with van der Waals surface area (Å²) in [6, 6.07) is 0.353.